The largest absolute Gasteiger partial charge is 0.495 e. The fraction of sp³-hybridized carbons (Fsp3) is 0.368. The number of hydrogen-bond acceptors (Lipinski definition) is 4. The van der Waals surface area contributed by atoms with Crippen molar-refractivity contribution in [3.63, 3.8) is 0 Å². The van der Waals surface area contributed by atoms with Gasteiger partial charge in [-0.1, -0.05) is 23.7 Å². The number of para-hydroxylation sites is 2. The minimum atomic E-state index is -0.129. The van der Waals surface area contributed by atoms with E-state index in [-0.39, 0.29) is 11.9 Å². The molecule has 8 heteroatoms. The Bertz CT molecular complexity index is 803. The smallest absolute Gasteiger partial charge is 0.321 e. The fourth-order valence-corrected chi connectivity index (χ4v) is 4.00. The molecule has 0 radical (unpaired) electrons. The predicted molar refractivity (Wildman–Crippen MR) is 108 cm³/mol. The third-order valence-corrected chi connectivity index (χ3v) is 5.83. The Morgan fingerprint density at radius 3 is 2.63 bits per heavy atom. The van der Waals surface area contributed by atoms with Crippen LogP contribution in [-0.2, 0) is 0 Å². The Kier molecular flexibility index (Phi) is 6.58. The number of likely N-dealkylation sites (tertiary alicyclic amines) is 1. The number of amides is 3. The summed E-state index contributed by atoms with van der Waals surface area (Å²) in [5.74, 6) is 0.903. The Balaban J connectivity index is 1.44. The molecule has 0 spiro atoms. The first-order chi connectivity index (χ1) is 13.1. The van der Waals surface area contributed by atoms with Crippen LogP contribution in [0.5, 0.6) is 5.75 Å². The van der Waals surface area contributed by atoms with Crippen molar-refractivity contribution in [1.82, 2.24) is 10.2 Å². The second-order valence-corrected chi connectivity index (χ2v) is 8.09. The van der Waals surface area contributed by atoms with Crippen LogP contribution < -0.4 is 15.4 Å². The molecule has 144 valence electrons. The molecule has 0 unspecified atom stereocenters. The van der Waals surface area contributed by atoms with E-state index in [1.54, 1.807) is 24.1 Å². The molecule has 1 aliphatic rings. The number of nitrogens with zero attached hydrogens (tertiary/aromatic N) is 1. The summed E-state index contributed by atoms with van der Waals surface area (Å²) in [6.07, 6.45) is 1.70. The highest BCUT2D eigenvalue weighted by Crippen LogP contribution is 2.25. The van der Waals surface area contributed by atoms with Gasteiger partial charge in [0.2, 0.25) is 0 Å². The van der Waals surface area contributed by atoms with E-state index in [0.717, 1.165) is 12.8 Å². The molecule has 6 nitrogen and oxygen atoms in total. The molecule has 2 N–H and O–H groups in total. The number of thiophene rings is 1. The average Bonchev–Trinajstić information content (AvgIpc) is 3.13. The van der Waals surface area contributed by atoms with Crippen LogP contribution in [-0.4, -0.2) is 43.6 Å². The van der Waals surface area contributed by atoms with Gasteiger partial charge in [-0.3, -0.25) is 4.79 Å². The summed E-state index contributed by atoms with van der Waals surface area (Å²) in [7, 11) is 1.58. The van der Waals surface area contributed by atoms with Crippen molar-refractivity contribution in [1.29, 1.82) is 0 Å². The first kappa shape index (κ1) is 19.5. The molecule has 2 aromatic rings. The van der Waals surface area contributed by atoms with E-state index in [1.165, 1.54) is 11.3 Å². The molecular weight excluding hydrogens is 386 g/mol. The van der Waals surface area contributed by atoms with E-state index in [0.29, 0.717) is 46.2 Å². The summed E-state index contributed by atoms with van der Waals surface area (Å²) in [5, 5.41) is 5.86. The van der Waals surface area contributed by atoms with Gasteiger partial charge in [-0.05, 0) is 43.0 Å². The van der Waals surface area contributed by atoms with Gasteiger partial charge in [0, 0.05) is 19.6 Å². The Morgan fingerprint density at radius 2 is 1.96 bits per heavy atom. The third kappa shape index (κ3) is 5.14. The van der Waals surface area contributed by atoms with Gasteiger partial charge in [0.1, 0.15) is 5.75 Å². The molecule has 0 aliphatic carbocycles. The molecule has 2 heterocycles. The van der Waals surface area contributed by atoms with Crippen molar-refractivity contribution in [3.8, 4) is 5.75 Å². The van der Waals surface area contributed by atoms with E-state index in [4.69, 9.17) is 16.3 Å². The van der Waals surface area contributed by atoms with Gasteiger partial charge in [-0.15, -0.1) is 11.3 Å². The highest BCUT2D eigenvalue weighted by Gasteiger charge is 2.24. The summed E-state index contributed by atoms with van der Waals surface area (Å²) in [5.41, 5.74) is 0.661. The van der Waals surface area contributed by atoms with E-state index in [2.05, 4.69) is 10.6 Å². The molecule has 1 aromatic carbocycles. The molecule has 0 atom stereocenters. The monoisotopic (exact) mass is 407 g/mol. The topological polar surface area (TPSA) is 70.7 Å². The average molecular weight is 408 g/mol. The molecule has 1 aromatic heterocycles. The van der Waals surface area contributed by atoms with Crippen LogP contribution in [0.3, 0.4) is 0 Å². The quantitative estimate of drug-likeness (QED) is 0.784. The van der Waals surface area contributed by atoms with Gasteiger partial charge in [-0.2, -0.15) is 0 Å². The molecule has 1 fully saturated rings. The number of anilines is 1. The third-order valence-electron chi connectivity index (χ3n) is 4.60. The number of hydrogen-bond donors (Lipinski definition) is 2. The number of ether oxygens (including phenoxy) is 1. The number of piperidine rings is 1. The maximum absolute atomic E-state index is 12.5. The second kappa shape index (κ2) is 9.10. The van der Waals surface area contributed by atoms with Crippen LogP contribution in [0.25, 0.3) is 0 Å². The number of carbonyl (C=O) groups excluding carboxylic acids is 2. The lowest BCUT2D eigenvalue weighted by Gasteiger charge is -2.32. The Labute approximate surface area is 167 Å². The van der Waals surface area contributed by atoms with Crippen LogP contribution in [0, 0.1) is 5.92 Å². The molecule has 3 amide bonds. The summed E-state index contributed by atoms with van der Waals surface area (Å²) < 4.78 is 5.87. The summed E-state index contributed by atoms with van der Waals surface area (Å²) in [6, 6.07) is 10.7. The van der Waals surface area contributed by atoms with Crippen molar-refractivity contribution < 1.29 is 14.3 Å². The van der Waals surface area contributed by atoms with E-state index >= 15 is 0 Å². The number of urea groups is 1. The van der Waals surface area contributed by atoms with Gasteiger partial charge in [0.15, 0.2) is 0 Å². The molecule has 1 saturated heterocycles. The first-order valence-corrected chi connectivity index (χ1v) is 9.98. The minimum Gasteiger partial charge on any atom is -0.495 e. The summed E-state index contributed by atoms with van der Waals surface area (Å²) in [4.78, 5) is 27.0. The number of benzene rings is 1. The van der Waals surface area contributed by atoms with Gasteiger partial charge in [0.05, 0.1) is 22.0 Å². The number of nitrogens with one attached hydrogen (secondary N) is 2. The maximum atomic E-state index is 12.5. The zero-order valence-electron chi connectivity index (χ0n) is 15.0. The van der Waals surface area contributed by atoms with Crippen molar-refractivity contribution in [3.05, 3.63) is 45.6 Å². The number of methoxy groups -OCH3 is 1. The standard InChI is InChI=1S/C19H22ClN3O3S/c1-26-15-5-3-2-4-14(15)22-19(25)23-10-8-13(9-11-23)12-21-18(24)16-6-7-17(20)27-16/h2-7,13H,8-12H2,1H3,(H,21,24)(H,22,25). The zero-order chi connectivity index (χ0) is 19.2. The SMILES string of the molecule is COc1ccccc1NC(=O)N1CCC(CNC(=O)c2ccc(Cl)s2)CC1. The van der Waals surface area contributed by atoms with Crippen LogP contribution in [0.1, 0.15) is 22.5 Å². The van der Waals surface area contributed by atoms with Crippen LogP contribution in [0.4, 0.5) is 10.5 Å². The minimum absolute atomic E-state index is 0.0942. The van der Waals surface area contributed by atoms with Crippen LogP contribution in [0.2, 0.25) is 4.34 Å². The van der Waals surface area contributed by atoms with Gasteiger partial charge in [-0.25, -0.2) is 4.79 Å². The lowest BCUT2D eigenvalue weighted by molar-refractivity contribution is 0.0943. The second-order valence-electron chi connectivity index (χ2n) is 6.37. The van der Waals surface area contributed by atoms with Gasteiger partial charge >= 0.3 is 6.03 Å². The first-order valence-electron chi connectivity index (χ1n) is 8.79. The van der Waals surface area contributed by atoms with Crippen LogP contribution >= 0.6 is 22.9 Å². The zero-order valence-corrected chi connectivity index (χ0v) is 16.6. The van der Waals surface area contributed by atoms with Crippen molar-refractivity contribution in [2.24, 2.45) is 5.92 Å². The Morgan fingerprint density at radius 1 is 1.22 bits per heavy atom. The van der Waals surface area contributed by atoms with Crippen molar-refractivity contribution in [2.45, 2.75) is 12.8 Å². The molecule has 0 saturated carbocycles. The lowest BCUT2D eigenvalue weighted by Crippen LogP contribution is -2.43. The normalized spacial score (nSPS) is 14.7. The number of rotatable bonds is 5. The fourth-order valence-electron chi connectivity index (χ4n) is 3.04. The molecule has 1 aliphatic heterocycles. The number of carbonyl (C=O) groups is 2. The highest BCUT2D eigenvalue weighted by molar-refractivity contribution is 7.17. The van der Waals surface area contributed by atoms with E-state index < -0.39 is 0 Å². The maximum Gasteiger partial charge on any atom is 0.321 e. The van der Waals surface area contributed by atoms with Gasteiger partial charge in [0.25, 0.3) is 5.91 Å². The summed E-state index contributed by atoms with van der Waals surface area (Å²) in [6.45, 7) is 1.93. The molecule has 0 bridgehead atoms. The van der Waals surface area contributed by atoms with E-state index in [9.17, 15) is 9.59 Å². The van der Waals surface area contributed by atoms with Crippen molar-refractivity contribution >= 4 is 40.6 Å². The highest BCUT2D eigenvalue weighted by atomic mass is 35.5. The molecule has 3 rings (SSSR count). The predicted octanol–water partition coefficient (Wildman–Crippen LogP) is 4.08. The van der Waals surface area contributed by atoms with E-state index in [1.807, 2.05) is 24.3 Å². The van der Waals surface area contributed by atoms with Crippen molar-refractivity contribution in [2.75, 3.05) is 32.1 Å². The van der Waals surface area contributed by atoms with Crippen LogP contribution in [0.15, 0.2) is 36.4 Å². The number of halogens is 1. The lowest BCUT2D eigenvalue weighted by atomic mass is 9.97. The summed E-state index contributed by atoms with van der Waals surface area (Å²) >= 11 is 7.14. The molecule has 27 heavy (non-hydrogen) atoms. The Hall–Kier alpha value is -2.25. The van der Waals surface area contributed by atoms with Gasteiger partial charge < -0.3 is 20.3 Å². The molecular formula is C19H22ClN3O3S.